The van der Waals surface area contributed by atoms with E-state index in [4.69, 9.17) is 12.2 Å². The van der Waals surface area contributed by atoms with Gasteiger partial charge in [0.25, 0.3) is 5.91 Å². The van der Waals surface area contributed by atoms with Gasteiger partial charge in [0.2, 0.25) is 0 Å². The third-order valence-corrected chi connectivity index (χ3v) is 4.08. The second-order valence-electron chi connectivity index (χ2n) is 5.25. The Balaban J connectivity index is 1.87. The number of hydrogen-bond donors (Lipinski definition) is 1. The van der Waals surface area contributed by atoms with Crippen LogP contribution in [0.15, 0.2) is 54.6 Å². The lowest BCUT2D eigenvalue weighted by Gasteiger charge is -2.22. The summed E-state index contributed by atoms with van der Waals surface area (Å²) in [5, 5.41) is 10.6. The molecule has 3 rings (SSSR count). The Hall–Kier alpha value is -2.24. The van der Waals surface area contributed by atoms with Crippen LogP contribution >= 0.6 is 12.2 Å². The highest BCUT2D eigenvalue weighted by Gasteiger charge is 2.37. The number of aliphatic hydroxyl groups is 1. The summed E-state index contributed by atoms with van der Waals surface area (Å²) in [6, 6.07) is 16.6. The lowest BCUT2D eigenvalue weighted by molar-refractivity contribution is 0.0821. The summed E-state index contributed by atoms with van der Waals surface area (Å²) >= 11 is 5.40. The third kappa shape index (κ3) is 2.61. The number of rotatable bonds is 2. The number of benzene rings is 2. The minimum absolute atomic E-state index is 0.167. The quantitative estimate of drug-likeness (QED) is 0.866. The van der Waals surface area contributed by atoms with E-state index in [0.717, 1.165) is 11.3 Å². The monoisotopic (exact) mass is 312 g/mol. The zero-order chi connectivity index (χ0) is 15.7. The Kier molecular flexibility index (Phi) is 3.92. The first-order valence-electron chi connectivity index (χ1n) is 7.03. The maximum absolute atomic E-state index is 12.5. The van der Waals surface area contributed by atoms with Gasteiger partial charge in [-0.3, -0.25) is 14.6 Å². The number of anilines is 1. The molecule has 0 unspecified atom stereocenters. The number of β-amino-alcohol motifs (C(OH)–C–C–N with tert-alkyl or cyclic N) is 1. The van der Waals surface area contributed by atoms with Crippen molar-refractivity contribution in [2.75, 3.05) is 11.4 Å². The fourth-order valence-electron chi connectivity index (χ4n) is 2.47. The normalized spacial score (nSPS) is 17.9. The second-order valence-corrected chi connectivity index (χ2v) is 5.62. The van der Waals surface area contributed by atoms with Crippen molar-refractivity contribution in [3.05, 3.63) is 65.7 Å². The van der Waals surface area contributed by atoms with Gasteiger partial charge in [-0.15, -0.1) is 0 Å². The molecule has 1 atom stereocenters. The Morgan fingerprint density at radius 3 is 2.41 bits per heavy atom. The van der Waals surface area contributed by atoms with Crippen LogP contribution in [0.25, 0.3) is 0 Å². The van der Waals surface area contributed by atoms with E-state index in [2.05, 4.69) is 0 Å². The summed E-state index contributed by atoms with van der Waals surface area (Å²) < 4.78 is 0. The van der Waals surface area contributed by atoms with E-state index in [-0.39, 0.29) is 12.5 Å². The fourth-order valence-corrected chi connectivity index (χ4v) is 2.86. The highest BCUT2D eigenvalue weighted by Crippen LogP contribution is 2.25. The molecule has 1 saturated heterocycles. The molecule has 1 heterocycles. The molecule has 1 aliphatic heterocycles. The molecule has 1 aliphatic rings. The number of nitrogens with zero attached hydrogens (tertiary/aromatic N) is 2. The highest BCUT2D eigenvalue weighted by molar-refractivity contribution is 7.80. The maximum atomic E-state index is 12.5. The van der Waals surface area contributed by atoms with Gasteiger partial charge >= 0.3 is 0 Å². The zero-order valence-corrected chi connectivity index (χ0v) is 13.0. The van der Waals surface area contributed by atoms with Crippen molar-refractivity contribution in [1.82, 2.24) is 4.90 Å². The van der Waals surface area contributed by atoms with E-state index in [9.17, 15) is 9.90 Å². The van der Waals surface area contributed by atoms with Crippen LogP contribution < -0.4 is 4.90 Å². The van der Waals surface area contributed by atoms with Gasteiger partial charge in [0, 0.05) is 11.3 Å². The van der Waals surface area contributed by atoms with Crippen LogP contribution in [0.3, 0.4) is 0 Å². The van der Waals surface area contributed by atoms with Crippen LogP contribution in [0, 0.1) is 6.92 Å². The number of hydrogen-bond acceptors (Lipinski definition) is 3. The lowest BCUT2D eigenvalue weighted by Crippen LogP contribution is -2.37. The fraction of sp³-hybridized carbons (Fsp3) is 0.176. The third-order valence-electron chi connectivity index (χ3n) is 3.66. The molecule has 2 aromatic rings. The van der Waals surface area contributed by atoms with Gasteiger partial charge < -0.3 is 5.11 Å². The molecule has 0 aromatic heterocycles. The molecule has 22 heavy (non-hydrogen) atoms. The first-order valence-corrected chi connectivity index (χ1v) is 7.43. The minimum atomic E-state index is -0.831. The summed E-state index contributed by atoms with van der Waals surface area (Å²) in [6.45, 7) is 2.16. The largest absolute Gasteiger partial charge is 0.371 e. The summed E-state index contributed by atoms with van der Waals surface area (Å²) in [7, 11) is 0. The zero-order valence-electron chi connectivity index (χ0n) is 12.1. The molecular weight excluding hydrogens is 296 g/mol. The van der Waals surface area contributed by atoms with Crippen LogP contribution in [0.1, 0.15) is 15.9 Å². The van der Waals surface area contributed by atoms with Gasteiger partial charge in [0.1, 0.15) is 0 Å². The van der Waals surface area contributed by atoms with Crippen molar-refractivity contribution in [1.29, 1.82) is 0 Å². The molecule has 0 aliphatic carbocycles. The molecule has 0 bridgehead atoms. The number of aliphatic hydroxyl groups excluding tert-OH is 1. The molecule has 1 amide bonds. The van der Waals surface area contributed by atoms with Crippen molar-refractivity contribution >= 4 is 28.9 Å². The lowest BCUT2D eigenvalue weighted by atomic mass is 10.2. The standard InChI is InChI=1S/C17H16N2O2S/c1-12-7-9-14(10-8-12)19-15(20)11-18(17(19)22)16(21)13-5-3-2-4-6-13/h2-10,15,20H,11H2,1H3/t15-/m1/s1. The molecular formula is C17H16N2O2S. The van der Waals surface area contributed by atoms with Crippen LogP contribution in [0.4, 0.5) is 5.69 Å². The molecule has 112 valence electrons. The van der Waals surface area contributed by atoms with E-state index in [1.54, 1.807) is 29.2 Å². The van der Waals surface area contributed by atoms with Gasteiger partial charge in [0.15, 0.2) is 11.3 Å². The topological polar surface area (TPSA) is 43.8 Å². The van der Waals surface area contributed by atoms with Crippen LogP contribution in [-0.2, 0) is 0 Å². The summed E-state index contributed by atoms with van der Waals surface area (Å²) in [5.41, 5.74) is 2.47. The first-order chi connectivity index (χ1) is 10.6. The predicted octanol–water partition coefficient (Wildman–Crippen LogP) is 2.56. The highest BCUT2D eigenvalue weighted by atomic mass is 32.1. The Labute approximate surface area is 134 Å². The minimum Gasteiger partial charge on any atom is -0.371 e. The SMILES string of the molecule is Cc1ccc(N2C(=S)N(C(=O)c3ccccc3)C[C@H]2O)cc1. The molecule has 1 fully saturated rings. The van der Waals surface area contributed by atoms with E-state index >= 15 is 0 Å². The summed E-state index contributed by atoms with van der Waals surface area (Å²) in [6.07, 6.45) is -0.831. The van der Waals surface area contributed by atoms with Gasteiger partial charge in [-0.2, -0.15) is 0 Å². The molecule has 0 spiro atoms. The number of amides is 1. The van der Waals surface area contributed by atoms with Crippen LogP contribution in [0.2, 0.25) is 0 Å². The van der Waals surface area contributed by atoms with Gasteiger partial charge in [-0.1, -0.05) is 35.9 Å². The van der Waals surface area contributed by atoms with Crippen molar-refractivity contribution < 1.29 is 9.90 Å². The van der Waals surface area contributed by atoms with E-state index in [1.165, 1.54) is 4.90 Å². The average molecular weight is 312 g/mol. The summed E-state index contributed by atoms with van der Waals surface area (Å²) in [5.74, 6) is -0.195. The Morgan fingerprint density at radius 2 is 1.77 bits per heavy atom. The van der Waals surface area contributed by atoms with Crippen molar-refractivity contribution in [3.8, 4) is 0 Å². The molecule has 1 N–H and O–H groups in total. The predicted molar refractivity (Wildman–Crippen MR) is 89.7 cm³/mol. The van der Waals surface area contributed by atoms with E-state index in [1.807, 2.05) is 37.3 Å². The molecule has 0 saturated carbocycles. The maximum Gasteiger partial charge on any atom is 0.260 e. The van der Waals surface area contributed by atoms with E-state index < -0.39 is 6.23 Å². The second kappa shape index (κ2) is 5.87. The molecule has 0 radical (unpaired) electrons. The number of carbonyl (C=O) groups is 1. The molecule has 5 heteroatoms. The van der Waals surface area contributed by atoms with Crippen LogP contribution in [-0.4, -0.2) is 33.8 Å². The van der Waals surface area contributed by atoms with Gasteiger partial charge in [0.05, 0.1) is 6.54 Å². The Bertz CT molecular complexity index is 700. The first kappa shape index (κ1) is 14.7. The molecule has 2 aromatic carbocycles. The van der Waals surface area contributed by atoms with Crippen LogP contribution in [0.5, 0.6) is 0 Å². The van der Waals surface area contributed by atoms with Gasteiger partial charge in [-0.25, -0.2) is 0 Å². The smallest absolute Gasteiger partial charge is 0.260 e. The van der Waals surface area contributed by atoms with Crippen molar-refractivity contribution in [2.45, 2.75) is 13.2 Å². The van der Waals surface area contributed by atoms with Gasteiger partial charge in [-0.05, 0) is 43.4 Å². The van der Waals surface area contributed by atoms with Crippen molar-refractivity contribution in [2.24, 2.45) is 0 Å². The summed E-state index contributed by atoms with van der Waals surface area (Å²) in [4.78, 5) is 15.6. The van der Waals surface area contributed by atoms with E-state index in [0.29, 0.717) is 10.7 Å². The number of thiocarbonyl (C=S) groups is 1. The molecule has 4 nitrogen and oxygen atoms in total. The number of aryl methyl sites for hydroxylation is 1. The Morgan fingerprint density at radius 1 is 1.14 bits per heavy atom. The average Bonchev–Trinajstić information content (AvgIpc) is 2.83. The number of carbonyl (C=O) groups excluding carboxylic acids is 1. The van der Waals surface area contributed by atoms with Crippen molar-refractivity contribution in [3.63, 3.8) is 0 Å².